The lowest BCUT2D eigenvalue weighted by Gasteiger charge is -2.32. The Kier molecular flexibility index (Phi) is 2.68. The van der Waals surface area contributed by atoms with E-state index >= 15 is 0 Å². The van der Waals surface area contributed by atoms with E-state index in [4.69, 9.17) is 10.2 Å². The molecule has 1 rings (SSSR count). The van der Waals surface area contributed by atoms with Gasteiger partial charge >= 0.3 is 0 Å². The molecule has 0 aromatic carbocycles. The lowest BCUT2D eigenvalue weighted by Crippen LogP contribution is -2.31. The predicted octanol–water partition coefficient (Wildman–Crippen LogP) is 1.09. The molecule has 0 radical (unpaired) electrons. The SMILES string of the molecule is CC1=CCCC(CO)(CO)C1. The van der Waals surface area contributed by atoms with Crippen LogP contribution in [0.15, 0.2) is 11.6 Å². The van der Waals surface area contributed by atoms with Crippen molar-refractivity contribution in [3.63, 3.8) is 0 Å². The van der Waals surface area contributed by atoms with Crippen molar-refractivity contribution in [3.05, 3.63) is 11.6 Å². The van der Waals surface area contributed by atoms with Gasteiger partial charge in [0.2, 0.25) is 0 Å². The topological polar surface area (TPSA) is 40.5 Å². The van der Waals surface area contributed by atoms with Gasteiger partial charge in [-0.3, -0.25) is 0 Å². The summed E-state index contributed by atoms with van der Waals surface area (Å²) in [7, 11) is 0. The lowest BCUT2D eigenvalue weighted by atomic mass is 9.76. The Labute approximate surface area is 67.6 Å². The quantitative estimate of drug-likeness (QED) is 0.587. The Morgan fingerprint density at radius 3 is 2.45 bits per heavy atom. The van der Waals surface area contributed by atoms with Gasteiger partial charge in [-0.2, -0.15) is 0 Å². The molecule has 2 N–H and O–H groups in total. The molecule has 0 fully saturated rings. The van der Waals surface area contributed by atoms with Gasteiger partial charge in [0.15, 0.2) is 0 Å². The van der Waals surface area contributed by atoms with E-state index in [1.165, 1.54) is 5.57 Å². The van der Waals surface area contributed by atoms with E-state index in [0.717, 1.165) is 19.3 Å². The second kappa shape index (κ2) is 3.37. The Balaban J connectivity index is 2.65. The van der Waals surface area contributed by atoms with Gasteiger partial charge in [-0.25, -0.2) is 0 Å². The third-order valence-electron chi connectivity index (χ3n) is 2.49. The minimum Gasteiger partial charge on any atom is -0.396 e. The second-order valence-corrected chi connectivity index (χ2v) is 3.58. The van der Waals surface area contributed by atoms with Gasteiger partial charge in [0.05, 0.1) is 13.2 Å². The standard InChI is InChI=1S/C9H16O2/c1-8-3-2-4-9(5-8,6-10)7-11/h3,10-11H,2,4-7H2,1H3. The van der Waals surface area contributed by atoms with Crippen LogP contribution in [-0.4, -0.2) is 23.4 Å². The molecule has 0 bridgehead atoms. The highest BCUT2D eigenvalue weighted by Gasteiger charge is 2.30. The summed E-state index contributed by atoms with van der Waals surface area (Å²) < 4.78 is 0. The van der Waals surface area contributed by atoms with Gasteiger partial charge in [0.25, 0.3) is 0 Å². The first-order valence-corrected chi connectivity index (χ1v) is 4.10. The van der Waals surface area contributed by atoms with Crippen molar-refractivity contribution in [2.75, 3.05) is 13.2 Å². The third kappa shape index (κ3) is 1.82. The Bertz CT molecular complexity index is 157. The highest BCUT2D eigenvalue weighted by atomic mass is 16.3. The van der Waals surface area contributed by atoms with Gasteiger partial charge in [0, 0.05) is 5.41 Å². The molecule has 0 amide bonds. The van der Waals surface area contributed by atoms with Crippen LogP contribution >= 0.6 is 0 Å². The zero-order chi connectivity index (χ0) is 8.32. The molecule has 0 aromatic rings. The van der Waals surface area contributed by atoms with Gasteiger partial charge in [0.1, 0.15) is 0 Å². The molecule has 0 unspecified atom stereocenters. The summed E-state index contributed by atoms with van der Waals surface area (Å²) in [6.45, 7) is 2.27. The molecule has 0 atom stereocenters. The van der Waals surface area contributed by atoms with Crippen molar-refractivity contribution in [2.45, 2.75) is 26.2 Å². The number of rotatable bonds is 2. The van der Waals surface area contributed by atoms with Crippen molar-refractivity contribution in [2.24, 2.45) is 5.41 Å². The number of hydrogen-bond acceptors (Lipinski definition) is 2. The molecule has 0 saturated carbocycles. The average Bonchev–Trinajstić information content (AvgIpc) is 2.04. The third-order valence-corrected chi connectivity index (χ3v) is 2.49. The van der Waals surface area contributed by atoms with E-state index < -0.39 is 0 Å². The van der Waals surface area contributed by atoms with Crippen molar-refractivity contribution >= 4 is 0 Å². The number of aliphatic hydroxyl groups is 2. The molecule has 0 spiro atoms. The molecule has 64 valence electrons. The average molecular weight is 156 g/mol. The molecule has 11 heavy (non-hydrogen) atoms. The molecule has 0 heterocycles. The van der Waals surface area contributed by atoms with Crippen LogP contribution in [0.1, 0.15) is 26.2 Å². The fraction of sp³-hybridized carbons (Fsp3) is 0.778. The van der Waals surface area contributed by atoms with Crippen molar-refractivity contribution < 1.29 is 10.2 Å². The smallest absolute Gasteiger partial charge is 0.0512 e. The van der Waals surface area contributed by atoms with E-state index in [-0.39, 0.29) is 18.6 Å². The Morgan fingerprint density at radius 1 is 1.45 bits per heavy atom. The number of aliphatic hydroxyl groups excluding tert-OH is 2. The summed E-state index contributed by atoms with van der Waals surface area (Å²) >= 11 is 0. The lowest BCUT2D eigenvalue weighted by molar-refractivity contribution is 0.0443. The van der Waals surface area contributed by atoms with E-state index in [0.29, 0.717) is 0 Å². The summed E-state index contributed by atoms with van der Waals surface area (Å²) in [6, 6.07) is 0. The monoisotopic (exact) mass is 156 g/mol. The normalized spacial score (nSPS) is 23.0. The molecule has 1 aliphatic carbocycles. The van der Waals surface area contributed by atoms with E-state index in [1.54, 1.807) is 0 Å². The maximum atomic E-state index is 9.07. The zero-order valence-corrected chi connectivity index (χ0v) is 7.01. The Morgan fingerprint density at radius 2 is 2.09 bits per heavy atom. The van der Waals surface area contributed by atoms with Gasteiger partial charge < -0.3 is 10.2 Å². The summed E-state index contributed by atoms with van der Waals surface area (Å²) in [5, 5.41) is 18.1. The van der Waals surface area contributed by atoms with E-state index in [9.17, 15) is 0 Å². The molecule has 1 aliphatic rings. The summed E-state index contributed by atoms with van der Waals surface area (Å²) in [6.07, 6.45) is 4.94. The van der Waals surface area contributed by atoms with Gasteiger partial charge in [-0.1, -0.05) is 11.6 Å². The van der Waals surface area contributed by atoms with Crippen molar-refractivity contribution in [1.29, 1.82) is 0 Å². The zero-order valence-electron chi connectivity index (χ0n) is 7.01. The van der Waals surface area contributed by atoms with E-state index in [2.05, 4.69) is 13.0 Å². The fourth-order valence-electron chi connectivity index (χ4n) is 1.70. The molecule has 0 aliphatic heterocycles. The van der Waals surface area contributed by atoms with E-state index in [1.807, 2.05) is 0 Å². The Hall–Kier alpha value is -0.340. The molecule has 2 nitrogen and oxygen atoms in total. The van der Waals surface area contributed by atoms with Crippen molar-refractivity contribution in [1.82, 2.24) is 0 Å². The summed E-state index contributed by atoms with van der Waals surface area (Å²) in [4.78, 5) is 0. The second-order valence-electron chi connectivity index (χ2n) is 3.58. The number of hydrogen-bond donors (Lipinski definition) is 2. The van der Waals surface area contributed by atoms with Crippen LogP contribution in [0.5, 0.6) is 0 Å². The van der Waals surface area contributed by atoms with Crippen LogP contribution in [-0.2, 0) is 0 Å². The maximum Gasteiger partial charge on any atom is 0.0512 e. The molecule has 0 saturated heterocycles. The minimum atomic E-state index is -0.223. The predicted molar refractivity (Wildman–Crippen MR) is 44.2 cm³/mol. The number of allylic oxidation sites excluding steroid dienone is 2. The summed E-state index contributed by atoms with van der Waals surface area (Å²) in [5.74, 6) is 0. The molecular formula is C9H16O2. The molecule has 0 aromatic heterocycles. The van der Waals surface area contributed by atoms with Crippen LogP contribution in [0.2, 0.25) is 0 Å². The van der Waals surface area contributed by atoms with Crippen molar-refractivity contribution in [3.8, 4) is 0 Å². The first kappa shape index (κ1) is 8.75. The van der Waals surface area contributed by atoms with Crippen LogP contribution in [0.4, 0.5) is 0 Å². The highest BCUT2D eigenvalue weighted by Crippen LogP contribution is 2.34. The first-order chi connectivity index (χ1) is 5.22. The largest absolute Gasteiger partial charge is 0.396 e. The molecule has 2 heteroatoms. The van der Waals surface area contributed by atoms with Crippen LogP contribution in [0.25, 0.3) is 0 Å². The van der Waals surface area contributed by atoms with Crippen LogP contribution in [0.3, 0.4) is 0 Å². The van der Waals surface area contributed by atoms with Crippen LogP contribution < -0.4 is 0 Å². The summed E-state index contributed by atoms with van der Waals surface area (Å²) in [5.41, 5.74) is 1.07. The van der Waals surface area contributed by atoms with Gasteiger partial charge in [-0.15, -0.1) is 0 Å². The first-order valence-electron chi connectivity index (χ1n) is 4.10. The fourth-order valence-corrected chi connectivity index (χ4v) is 1.70. The minimum absolute atomic E-state index is 0.106. The van der Waals surface area contributed by atoms with Gasteiger partial charge in [-0.05, 0) is 26.2 Å². The maximum absolute atomic E-state index is 9.07. The van der Waals surface area contributed by atoms with Crippen LogP contribution in [0, 0.1) is 5.41 Å². The highest BCUT2D eigenvalue weighted by molar-refractivity contribution is 5.07. The molecular weight excluding hydrogens is 140 g/mol.